The van der Waals surface area contributed by atoms with Crippen molar-refractivity contribution < 1.29 is 0 Å². The van der Waals surface area contributed by atoms with Crippen molar-refractivity contribution in [2.75, 3.05) is 0 Å². The van der Waals surface area contributed by atoms with Gasteiger partial charge in [-0.25, -0.2) is 0 Å². The molecule has 1 unspecified atom stereocenters. The number of halogens is 1. The molecule has 0 radical (unpaired) electrons. The molecule has 0 saturated heterocycles. The SMILES string of the molecule is Cc1cc(C(N)c2c(C)ccc3ccccc23)ccc1Br. The van der Waals surface area contributed by atoms with Gasteiger partial charge in [-0.05, 0) is 52.9 Å². The Morgan fingerprint density at radius 2 is 1.67 bits per heavy atom. The van der Waals surface area contributed by atoms with Gasteiger partial charge in [0.05, 0.1) is 6.04 Å². The molecule has 3 aromatic carbocycles. The highest BCUT2D eigenvalue weighted by Gasteiger charge is 2.15. The first kappa shape index (κ1) is 14.3. The largest absolute Gasteiger partial charge is 0.320 e. The van der Waals surface area contributed by atoms with Crippen molar-refractivity contribution in [2.45, 2.75) is 19.9 Å². The molecule has 0 aromatic heterocycles. The molecule has 21 heavy (non-hydrogen) atoms. The topological polar surface area (TPSA) is 26.0 Å². The second-order valence-electron chi connectivity index (χ2n) is 5.50. The van der Waals surface area contributed by atoms with Crippen molar-refractivity contribution in [3.63, 3.8) is 0 Å². The molecule has 106 valence electrons. The molecule has 0 heterocycles. The summed E-state index contributed by atoms with van der Waals surface area (Å²) in [5.74, 6) is 0. The first-order valence-electron chi connectivity index (χ1n) is 7.08. The zero-order valence-electron chi connectivity index (χ0n) is 12.2. The van der Waals surface area contributed by atoms with Gasteiger partial charge in [0.2, 0.25) is 0 Å². The Balaban J connectivity index is 2.19. The Morgan fingerprint density at radius 1 is 0.905 bits per heavy atom. The Labute approximate surface area is 133 Å². The zero-order valence-corrected chi connectivity index (χ0v) is 13.8. The van der Waals surface area contributed by atoms with E-state index in [1.807, 2.05) is 0 Å². The lowest BCUT2D eigenvalue weighted by atomic mass is 9.90. The molecule has 0 saturated carbocycles. The Kier molecular flexibility index (Phi) is 3.83. The summed E-state index contributed by atoms with van der Waals surface area (Å²) < 4.78 is 1.12. The molecule has 3 aromatic rings. The minimum atomic E-state index is -0.108. The van der Waals surface area contributed by atoms with E-state index in [0.717, 1.165) is 10.0 Å². The maximum absolute atomic E-state index is 6.59. The van der Waals surface area contributed by atoms with Crippen molar-refractivity contribution in [1.29, 1.82) is 0 Å². The minimum absolute atomic E-state index is 0.108. The number of hydrogen-bond donors (Lipinski definition) is 1. The fourth-order valence-corrected chi connectivity index (χ4v) is 3.09. The van der Waals surface area contributed by atoms with Gasteiger partial charge in [-0.15, -0.1) is 0 Å². The second-order valence-corrected chi connectivity index (χ2v) is 6.36. The molecule has 0 fully saturated rings. The second kappa shape index (κ2) is 5.63. The van der Waals surface area contributed by atoms with Crippen molar-refractivity contribution in [3.05, 3.63) is 81.3 Å². The number of aryl methyl sites for hydroxylation is 2. The molecule has 1 nitrogen and oxygen atoms in total. The molecule has 0 aliphatic rings. The summed E-state index contributed by atoms with van der Waals surface area (Å²) >= 11 is 3.55. The minimum Gasteiger partial charge on any atom is -0.320 e. The third kappa shape index (κ3) is 2.61. The monoisotopic (exact) mass is 339 g/mol. The molecule has 0 bridgehead atoms. The van der Waals surface area contributed by atoms with Crippen molar-refractivity contribution in [2.24, 2.45) is 5.73 Å². The molecule has 0 spiro atoms. The van der Waals surface area contributed by atoms with Crippen LogP contribution in [-0.4, -0.2) is 0 Å². The van der Waals surface area contributed by atoms with E-state index in [1.54, 1.807) is 0 Å². The van der Waals surface area contributed by atoms with Gasteiger partial charge in [-0.3, -0.25) is 0 Å². The van der Waals surface area contributed by atoms with Crippen LogP contribution in [0.2, 0.25) is 0 Å². The summed E-state index contributed by atoms with van der Waals surface area (Å²) in [5.41, 5.74) is 11.4. The summed E-state index contributed by atoms with van der Waals surface area (Å²) in [6.07, 6.45) is 0. The molecule has 1 atom stereocenters. The third-order valence-corrected chi connectivity index (χ3v) is 4.93. The van der Waals surface area contributed by atoms with Crippen LogP contribution in [0, 0.1) is 13.8 Å². The standard InChI is InChI=1S/C19H18BrN/c1-12-7-8-14-5-3-4-6-16(14)18(12)19(21)15-9-10-17(20)13(2)11-15/h3-11,19H,21H2,1-2H3. The predicted octanol–water partition coefficient (Wildman–Crippen LogP) is 5.27. The summed E-state index contributed by atoms with van der Waals surface area (Å²) in [6.45, 7) is 4.23. The van der Waals surface area contributed by atoms with E-state index in [-0.39, 0.29) is 6.04 Å². The van der Waals surface area contributed by atoms with E-state index < -0.39 is 0 Å². The highest BCUT2D eigenvalue weighted by Crippen LogP contribution is 2.31. The van der Waals surface area contributed by atoms with Gasteiger partial charge in [0, 0.05) is 4.47 Å². The smallest absolute Gasteiger partial charge is 0.0560 e. The fourth-order valence-electron chi connectivity index (χ4n) is 2.85. The average molecular weight is 340 g/mol. The zero-order chi connectivity index (χ0) is 15.0. The van der Waals surface area contributed by atoms with E-state index in [0.29, 0.717) is 0 Å². The number of rotatable bonds is 2. The van der Waals surface area contributed by atoms with Gasteiger partial charge in [0.25, 0.3) is 0 Å². The van der Waals surface area contributed by atoms with Gasteiger partial charge in [-0.1, -0.05) is 64.5 Å². The Bertz CT molecular complexity index is 808. The normalized spacial score (nSPS) is 12.6. The van der Waals surface area contributed by atoms with Gasteiger partial charge in [0.1, 0.15) is 0 Å². The first-order chi connectivity index (χ1) is 10.1. The van der Waals surface area contributed by atoms with Crippen LogP contribution in [0.15, 0.2) is 59.1 Å². The van der Waals surface area contributed by atoms with E-state index in [9.17, 15) is 0 Å². The van der Waals surface area contributed by atoms with Gasteiger partial charge < -0.3 is 5.73 Å². The predicted molar refractivity (Wildman–Crippen MR) is 93.6 cm³/mol. The number of fused-ring (bicyclic) bond motifs is 1. The third-order valence-electron chi connectivity index (χ3n) is 4.04. The maximum Gasteiger partial charge on any atom is 0.0560 e. The van der Waals surface area contributed by atoms with Crippen LogP contribution in [0.1, 0.15) is 28.3 Å². The van der Waals surface area contributed by atoms with Crippen LogP contribution in [0.25, 0.3) is 10.8 Å². The van der Waals surface area contributed by atoms with Crippen LogP contribution in [0.4, 0.5) is 0 Å². The van der Waals surface area contributed by atoms with Crippen molar-refractivity contribution in [3.8, 4) is 0 Å². The molecule has 0 amide bonds. The lowest BCUT2D eigenvalue weighted by Gasteiger charge is -2.19. The van der Waals surface area contributed by atoms with Crippen molar-refractivity contribution in [1.82, 2.24) is 0 Å². The van der Waals surface area contributed by atoms with Gasteiger partial charge >= 0.3 is 0 Å². The van der Waals surface area contributed by atoms with E-state index in [4.69, 9.17) is 5.73 Å². The van der Waals surface area contributed by atoms with E-state index in [1.165, 1.54) is 27.5 Å². The Morgan fingerprint density at radius 3 is 2.43 bits per heavy atom. The lowest BCUT2D eigenvalue weighted by molar-refractivity contribution is 0.869. The molecule has 2 N–H and O–H groups in total. The van der Waals surface area contributed by atoms with Gasteiger partial charge in [0.15, 0.2) is 0 Å². The molecular formula is C19H18BrN. The van der Waals surface area contributed by atoms with Crippen LogP contribution in [0.3, 0.4) is 0 Å². The van der Waals surface area contributed by atoms with Crippen molar-refractivity contribution >= 4 is 26.7 Å². The van der Waals surface area contributed by atoms with E-state index >= 15 is 0 Å². The van der Waals surface area contributed by atoms with E-state index in [2.05, 4.69) is 84.4 Å². The summed E-state index contributed by atoms with van der Waals surface area (Å²) in [6, 6.07) is 19.0. The molecule has 3 rings (SSSR count). The Hall–Kier alpha value is -1.64. The molecular weight excluding hydrogens is 322 g/mol. The molecule has 0 aliphatic carbocycles. The highest BCUT2D eigenvalue weighted by atomic mass is 79.9. The highest BCUT2D eigenvalue weighted by molar-refractivity contribution is 9.10. The number of hydrogen-bond acceptors (Lipinski definition) is 1. The van der Waals surface area contributed by atoms with Crippen LogP contribution >= 0.6 is 15.9 Å². The summed E-state index contributed by atoms with van der Waals surface area (Å²) in [7, 11) is 0. The summed E-state index contributed by atoms with van der Waals surface area (Å²) in [4.78, 5) is 0. The fraction of sp³-hybridized carbons (Fsp3) is 0.158. The molecule has 0 aliphatic heterocycles. The number of nitrogens with two attached hydrogens (primary N) is 1. The van der Waals surface area contributed by atoms with Crippen LogP contribution in [0.5, 0.6) is 0 Å². The maximum atomic E-state index is 6.59. The first-order valence-corrected chi connectivity index (χ1v) is 7.87. The van der Waals surface area contributed by atoms with Gasteiger partial charge in [-0.2, -0.15) is 0 Å². The average Bonchev–Trinajstić information content (AvgIpc) is 2.49. The number of benzene rings is 3. The van der Waals surface area contributed by atoms with Crippen LogP contribution in [-0.2, 0) is 0 Å². The quantitative estimate of drug-likeness (QED) is 0.676. The summed E-state index contributed by atoms with van der Waals surface area (Å²) in [5, 5.41) is 2.48. The molecule has 2 heteroatoms. The van der Waals surface area contributed by atoms with Crippen LogP contribution < -0.4 is 5.73 Å². The lowest BCUT2D eigenvalue weighted by Crippen LogP contribution is -2.14.